The number of nitrogen functional groups attached to an aromatic ring is 1. The standard InChI is InChI=1S/C12H13F3N2O/c1-7-5-17(6-7)11(18)8-2-3-9(10(16)4-8)12(13,14)15/h2-4,7H,5-6,16H2,1H3. The van der Waals surface area contributed by atoms with Gasteiger partial charge < -0.3 is 10.6 Å². The molecule has 1 aromatic carbocycles. The van der Waals surface area contributed by atoms with Gasteiger partial charge in [-0.05, 0) is 24.1 Å². The maximum absolute atomic E-state index is 12.5. The van der Waals surface area contributed by atoms with E-state index >= 15 is 0 Å². The number of likely N-dealkylation sites (tertiary alicyclic amines) is 1. The molecule has 98 valence electrons. The minimum absolute atomic E-state index is 0.201. The number of anilines is 1. The molecule has 0 unspecified atom stereocenters. The van der Waals surface area contributed by atoms with Crippen molar-refractivity contribution in [1.29, 1.82) is 0 Å². The Morgan fingerprint density at radius 3 is 2.44 bits per heavy atom. The van der Waals surface area contributed by atoms with Crippen LogP contribution in [0.25, 0.3) is 0 Å². The van der Waals surface area contributed by atoms with Crippen molar-refractivity contribution >= 4 is 11.6 Å². The van der Waals surface area contributed by atoms with Gasteiger partial charge in [0, 0.05) is 24.3 Å². The fraction of sp³-hybridized carbons (Fsp3) is 0.417. The molecule has 1 amide bonds. The number of carbonyl (C=O) groups is 1. The third-order valence-corrected chi connectivity index (χ3v) is 2.96. The zero-order chi connectivity index (χ0) is 13.5. The van der Waals surface area contributed by atoms with Crippen molar-refractivity contribution in [2.45, 2.75) is 13.1 Å². The molecule has 0 spiro atoms. The van der Waals surface area contributed by atoms with Crippen LogP contribution in [0.4, 0.5) is 18.9 Å². The third-order valence-electron chi connectivity index (χ3n) is 2.96. The Morgan fingerprint density at radius 1 is 1.39 bits per heavy atom. The molecule has 3 nitrogen and oxygen atoms in total. The number of amides is 1. The van der Waals surface area contributed by atoms with Crippen LogP contribution < -0.4 is 5.73 Å². The number of alkyl halides is 3. The summed E-state index contributed by atoms with van der Waals surface area (Å²) >= 11 is 0. The molecule has 1 aliphatic rings. The molecule has 1 aromatic rings. The fourth-order valence-electron chi connectivity index (χ4n) is 2.00. The predicted molar refractivity (Wildman–Crippen MR) is 60.9 cm³/mol. The molecule has 0 radical (unpaired) electrons. The van der Waals surface area contributed by atoms with Gasteiger partial charge in [0.1, 0.15) is 0 Å². The summed E-state index contributed by atoms with van der Waals surface area (Å²) in [6.07, 6.45) is -4.49. The number of nitrogens with zero attached hydrogens (tertiary/aromatic N) is 1. The summed E-state index contributed by atoms with van der Waals surface area (Å²) in [6, 6.07) is 3.12. The van der Waals surface area contributed by atoms with Crippen LogP contribution in [0.15, 0.2) is 18.2 Å². The van der Waals surface area contributed by atoms with E-state index in [-0.39, 0.29) is 11.5 Å². The Hall–Kier alpha value is -1.72. The van der Waals surface area contributed by atoms with Crippen LogP contribution in [0.3, 0.4) is 0 Å². The van der Waals surface area contributed by atoms with Crippen molar-refractivity contribution in [2.75, 3.05) is 18.8 Å². The molecule has 1 heterocycles. The second-order valence-electron chi connectivity index (χ2n) is 4.62. The summed E-state index contributed by atoms with van der Waals surface area (Å²) in [5.41, 5.74) is 4.22. The number of hydrogen-bond donors (Lipinski definition) is 1. The van der Waals surface area contributed by atoms with Gasteiger partial charge in [-0.25, -0.2) is 0 Å². The van der Waals surface area contributed by atoms with Crippen molar-refractivity contribution in [3.05, 3.63) is 29.3 Å². The quantitative estimate of drug-likeness (QED) is 0.786. The molecule has 0 aliphatic carbocycles. The second kappa shape index (κ2) is 4.19. The zero-order valence-electron chi connectivity index (χ0n) is 9.79. The third kappa shape index (κ3) is 2.27. The van der Waals surface area contributed by atoms with Gasteiger partial charge in [-0.3, -0.25) is 4.79 Å². The van der Waals surface area contributed by atoms with E-state index in [1.165, 1.54) is 6.07 Å². The Kier molecular flexibility index (Phi) is 2.96. The Labute approximate surface area is 102 Å². The molecule has 1 fully saturated rings. The molecule has 0 bridgehead atoms. The van der Waals surface area contributed by atoms with Crippen molar-refractivity contribution in [1.82, 2.24) is 4.90 Å². The van der Waals surface area contributed by atoms with E-state index in [1.807, 2.05) is 6.92 Å². The van der Waals surface area contributed by atoms with Crippen LogP contribution in [0.5, 0.6) is 0 Å². The minimum atomic E-state index is -4.49. The van der Waals surface area contributed by atoms with Crippen LogP contribution >= 0.6 is 0 Å². The van der Waals surface area contributed by atoms with E-state index in [9.17, 15) is 18.0 Å². The number of nitrogens with two attached hydrogens (primary N) is 1. The van der Waals surface area contributed by atoms with E-state index < -0.39 is 17.4 Å². The highest BCUT2D eigenvalue weighted by Gasteiger charge is 2.34. The maximum Gasteiger partial charge on any atom is 0.418 e. The van der Waals surface area contributed by atoms with Gasteiger partial charge in [0.25, 0.3) is 5.91 Å². The van der Waals surface area contributed by atoms with Gasteiger partial charge in [0.2, 0.25) is 0 Å². The second-order valence-corrected chi connectivity index (χ2v) is 4.62. The maximum atomic E-state index is 12.5. The largest absolute Gasteiger partial charge is 0.418 e. The first-order chi connectivity index (χ1) is 8.29. The van der Waals surface area contributed by atoms with E-state index in [2.05, 4.69) is 0 Å². The number of carbonyl (C=O) groups excluding carboxylic acids is 1. The molecule has 6 heteroatoms. The van der Waals surface area contributed by atoms with Crippen LogP contribution in [0, 0.1) is 5.92 Å². The van der Waals surface area contributed by atoms with Gasteiger partial charge in [0.05, 0.1) is 5.56 Å². The van der Waals surface area contributed by atoms with Crippen LogP contribution in [-0.2, 0) is 6.18 Å². The monoisotopic (exact) mass is 258 g/mol. The average Bonchev–Trinajstić information content (AvgIpc) is 2.22. The Balaban J connectivity index is 2.21. The molecular weight excluding hydrogens is 245 g/mol. The normalized spacial score (nSPS) is 16.6. The molecule has 0 saturated carbocycles. The Bertz CT molecular complexity index is 479. The summed E-state index contributed by atoms with van der Waals surface area (Å²) in [4.78, 5) is 13.5. The van der Waals surface area contributed by atoms with Gasteiger partial charge in [-0.1, -0.05) is 6.92 Å². The van der Waals surface area contributed by atoms with Crippen LogP contribution in [-0.4, -0.2) is 23.9 Å². The smallest absolute Gasteiger partial charge is 0.398 e. The van der Waals surface area contributed by atoms with Gasteiger partial charge in [-0.2, -0.15) is 13.2 Å². The molecule has 0 atom stereocenters. The van der Waals surface area contributed by atoms with E-state index in [0.29, 0.717) is 19.0 Å². The number of benzene rings is 1. The molecule has 2 N–H and O–H groups in total. The van der Waals surface area contributed by atoms with E-state index in [0.717, 1.165) is 12.1 Å². The van der Waals surface area contributed by atoms with Gasteiger partial charge >= 0.3 is 6.18 Å². The first-order valence-corrected chi connectivity index (χ1v) is 5.55. The van der Waals surface area contributed by atoms with Gasteiger partial charge in [0.15, 0.2) is 0 Å². The summed E-state index contributed by atoms with van der Waals surface area (Å²) in [5, 5.41) is 0. The van der Waals surface area contributed by atoms with Crippen molar-refractivity contribution in [3.8, 4) is 0 Å². The predicted octanol–water partition coefficient (Wildman–Crippen LogP) is 2.38. The summed E-state index contributed by atoms with van der Waals surface area (Å²) in [5.74, 6) is 0.175. The molecule has 1 aliphatic heterocycles. The minimum Gasteiger partial charge on any atom is -0.398 e. The molecule has 18 heavy (non-hydrogen) atoms. The van der Waals surface area contributed by atoms with Gasteiger partial charge in [-0.15, -0.1) is 0 Å². The highest BCUT2D eigenvalue weighted by atomic mass is 19.4. The summed E-state index contributed by atoms with van der Waals surface area (Å²) in [6.45, 7) is 3.28. The lowest BCUT2D eigenvalue weighted by Gasteiger charge is -2.37. The Morgan fingerprint density at radius 2 is 2.00 bits per heavy atom. The lowest BCUT2D eigenvalue weighted by atomic mass is 10.0. The lowest BCUT2D eigenvalue weighted by Crippen LogP contribution is -2.48. The summed E-state index contributed by atoms with van der Waals surface area (Å²) in [7, 11) is 0. The van der Waals surface area contributed by atoms with E-state index in [1.54, 1.807) is 4.90 Å². The van der Waals surface area contributed by atoms with Crippen LogP contribution in [0.1, 0.15) is 22.8 Å². The van der Waals surface area contributed by atoms with Crippen molar-refractivity contribution in [2.24, 2.45) is 5.92 Å². The molecule has 2 rings (SSSR count). The highest BCUT2D eigenvalue weighted by molar-refractivity contribution is 5.95. The molecular formula is C12H13F3N2O. The first kappa shape index (κ1) is 12.7. The first-order valence-electron chi connectivity index (χ1n) is 5.55. The average molecular weight is 258 g/mol. The highest BCUT2D eigenvalue weighted by Crippen LogP contribution is 2.34. The molecule has 0 aromatic heterocycles. The number of halogens is 3. The fourth-order valence-corrected chi connectivity index (χ4v) is 2.00. The molecule has 1 saturated heterocycles. The van der Waals surface area contributed by atoms with Crippen LogP contribution in [0.2, 0.25) is 0 Å². The van der Waals surface area contributed by atoms with Crippen molar-refractivity contribution < 1.29 is 18.0 Å². The topological polar surface area (TPSA) is 46.3 Å². The lowest BCUT2D eigenvalue weighted by molar-refractivity contribution is -0.136. The SMILES string of the molecule is CC1CN(C(=O)c2ccc(C(F)(F)F)c(N)c2)C1. The summed E-state index contributed by atoms with van der Waals surface area (Å²) < 4.78 is 37.5. The zero-order valence-corrected chi connectivity index (χ0v) is 9.79. The number of hydrogen-bond acceptors (Lipinski definition) is 2. The van der Waals surface area contributed by atoms with E-state index in [4.69, 9.17) is 5.73 Å². The van der Waals surface area contributed by atoms with Crippen molar-refractivity contribution in [3.63, 3.8) is 0 Å². The number of rotatable bonds is 1.